The number of carbonyl (C=O) groups excluding carboxylic acids is 3. The van der Waals surface area contributed by atoms with Gasteiger partial charge in [0.1, 0.15) is 5.70 Å². The van der Waals surface area contributed by atoms with Crippen molar-refractivity contribution in [3.8, 4) is 0 Å². The van der Waals surface area contributed by atoms with Gasteiger partial charge in [0.2, 0.25) is 5.91 Å². The summed E-state index contributed by atoms with van der Waals surface area (Å²) in [6, 6.07) is 11.6. The molecule has 28 heavy (non-hydrogen) atoms. The van der Waals surface area contributed by atoms with Gasteiger partial charge in [-0.1, -0.05) is 65.1 Å². The fourth-order valence-corrected chi connectivity index (χ4v) is 2.66. The molecule has 0 aromatic heterocycles. The van der Waals surface area contributed by atoms with Gasteiger partial charge in [0, 0.05) is 6.92 Å². The van der Waals surface area contributed by atoms with E-state index < -0.39 is 24.4 Å². The minimum Gasteiger partial charge on any atom is -0.451 e. The van der Waals surface area contributed by atoms with Crippen LogP contribution in [0.2, 0.25) is 15.1 Å². The Morgan fingerprint density at radius 3 is 2.29 bits per heavy atom. The van der Waals surface area contributed by atoms with Crippen LogP contribution in [-0.4, -0.2) is 24.4 Å². The highest BCUT2D eigenvalue weighted by Gasteiger charge is 2.16. The Morgan fingerprint density at radius 2 is 1.64 bits per heavy atom. The Kier molecular flexibility index (Phi) is 7.87. The van der Waals surface area contributed by atoms with E-state index in [1.807, 2.05) is 6.07 Å². The van der Waals surface area contributed by atoms with Crippen LogP contribution in [0.15, 0.2) is 48.2 Å². The summed E-state index contributed by atoms with van der Waals surface area (Å²) >= 11 is 17.7. The number of esters is 1. The number of hydrogen-bond acceptors (Lipinski definition) is 4. The molecule has 0 aliphatic heterocycles. The van der Waals surface area contributed by atoms with E-state index in [2.05, 4.69) is 10.6 Å². The summed E-state index contributed by atoms with van der Waals surface area (Å²) in [4.78, 5) is 35.6. The summed E-state index contributed by atoms with van der Waals surface area (Å²) in [5.41, 5.74) is 0.799. The van der Waals surface area contributed by atoms with Crippen molar-refractivity contribution >= 4 is 64.3 Å². The predicted octanol–water partition coefficient (Wildman–Crippen LogP) is 4.31. The maximum Gasteiger partial charge on any atom is 0.355 e. The standard InChI is InChI=1S/C19H15Cl3N2O4/c1-11(25)23-17(7-12-5-3-2-4-6-12)19(27)28-10-18(26)24-16-9-14(21)13(20)8-15(16)22/h2-9H,10H2,1H3,(H,23,25)(H,24,26)/b17-7-. The van der Waals surface area contributed by atoms with Crippen molar-refractivity contribution in [2.75, 3.05) is 11.9 Å². The van der Waals surface area contributed by atoms with Crippen molar-refractivity contribution in [1.82, 2.24) is 5.32 Å². The number of carbonyl (C=O) groups is 3. The van der Waals surface area contributed by atoms with Crippen LogP contribution in [0.3, 0.4) is 0 Å². The van der Waals surface area contributed by atoms with Gasteiger partial charge in [-0.25, -0.2) is 4.79 Å². The number of ether oxygens (including phenoxy) is 1. The van der Waals surface area contributed by atoms with Gasteiger partial charge in [-0.3, -0.25) is 9.59 Å². The lowest BCUT2D eigenvalue weighted by Crippen LogP contribution is -2.28. The fourth-order valence-electron chi connectivity index (χ4n) is 2.07. The largest absolute Gasteiger partial charge is 0.451 e. The first-order chi connectivity index (χ1) is 13.3. The van der Waals surface area contributed by atoms with Gasteiger partial charge in [-0.05, 0) is 23.8 Å². The van der Waals surface area contributed by atoms with E-state index in [1.165, 1.54) is 25.1 Å². The Hall–Kier alpha value is -2.54. The number of anilines is 1. The molecule has 0 saturated heterocycles. The normalized spacial score (nSPS) is 10.9. The maximum atomic E-state index is 12.3. The molecule has 2 aromatic carbocycles. The number of nitrogens with one attached hydrogen (secondary N) is 2. The highest BCUT2D eigenvalue weighted by molar-refractivity contribution is 6.44. The predicted molar refractivity (Wildman–Crippen MR) is 109 cm³/mol. The van der Waals surface area contributed by atoms with Crippen molar-refractivity contribution in [3.63, 3.8) is 0 Å². The van der Waals surface area contributed by atoms with Gasteiger partial charge in [0.15, 0.2) is 6.61 Å². The molecule has 0 aliphatic rings. The molecule has 9 heteroatoms. The molecular weight excluding hydrogens is 427 g/mol. The Labute approximate surface area is 176 Å². The Morgan fingerprint density at radius 1 is 1.00 bits per heavy atom. The third kappa shape index (κ3) is 6.56. The fraction of sp³-hybridized carbons (Fsp3) is 0.105. The first kappa shape index (κ1) is 21.8. The zero-order valence-corrected chi connectivity index (χ0v) is 16.9. The van der Waals surface area contributed by atoms with Gasteiger partial charge < -0.3 is 15.4 Å². The van der Waals surface area contributed by atoms with Gasteiger partial charge in [0.05, 0.1) is 20.8 Å². The number of halogens is 3. The van der Waals surface area contributed by atoms with Gasteiger partial charge in [-0.15, -0.1) is 0 Å². The molecule has 6 nitrogen and oxygen atoms in total. The molecule has 0 unspecified atom stereocenters. The Balaban J connectivity index is 2.03. The minimum atomic E-state index is -0.866. The van der Waals surface area contributed by atoms with E-state index in [9.17, 15) is 14.4 Å². The second kappa shape index (κ2) is 10.1. The second-order valence-corrected chi connectivity index (χ2v) is 6.74. The Bertz CT molecular complexity index is 930. The summed E-state index contributed by atoms with van der Waals surface area (Å²) in [5.74, 6) is -1.96. The molecule has 0 radical (unpaired) electrons. The van der Waals surface area contributed by atoms with E-state index in [1.54, 1.807) is 24.3 Å². The summed E-state index contributed by atoms with van der Waals surface area (Å²) in [6.07, 6.45) is 1.44. The summed E-state index contributed by atoms with van der Waals surface area (Å²) < 4.78 is 4.97. The highest BCUT2D eigenvalue weighted by atomic mass is 35.5. The van der Waals surface area contributed by atoms with Crippen LogP contribution in [0.1, 0.15) is 12.5 Å². The first-order valence-electron chi connectivity index (χ1n) is 7.92. The maximum absolute atomic E-state index is 12.3. The average molecular weight is 442 g/mol. The lowest BCUT2D eigenvalue weighted by molar-refractivity contribution is -0.144. The zero-order chi connectivity index (χ0) is 20.7. The van der Waals surface area contributed by atoms with Crippen LogP contribution in [-0.2, 0) is 19.1 Å². The third-order valence-corrected chi connectivity index (χ3v) is 4.29. The van der Waals surface area contributed by atoms with Crippen LogP contribution >= 0.6 is 34.8 Å². The van der Waals surface area contributed by atoms with E-state index in [0.29, 0.717) is 5.56 Å². The molecule has 0 saturated carbocycles. The zero-order valence-electron chi connectivity index (χ0n) is 14.6. The molecule has 2 aromatic rings. The quantitative estimate of drug-likeness (QED) is 0.397. The number of benzene rings is 2. The minimum absolute atomic E-state index is 0.0981. The van der Waals surface area contributed by atoms with Crippen LogP contribution in [0.25, 0.3) is 6.08 Å². The van der Waals surface area contributed by atoms with Crippen molar-refractivity contribution in [1.29, 1.82) is 0 Å². The number of rotatable bonds is 6. The molecule has 0 aliphatic carbocycles. The molecule has 2 amide bonds. The van der Waals surface area contributed by atoms with Gasteiger partial charge >= 0.3 is 5.97 Å². The summed E-state index contributed by atoms with van der Waals surface area (Å²) in [5, 5.41) is 5.47. The van der Waals surface area contributed by atoms with Crippen LogP contribution < -0.4 is 10.6 Å². The molecule has 2 N–H and O–H groups in total. The van der Waals surface area contributed by atoms with E-state index in [-0.39, 0.29) is 26.5 Å². The first-order valence-corrected chi connectivity index (χ1v) is 9.05. The summed E-state index contributed by atoms with van der Waals surface area (Å²) in [6.45, 7) is 0.659. The number of hydrogen-bond donors (Lipinski definition) is 2. The lowest BCUT2D eigenvalue weighted by Gasteiger charge is -2.11. The second-order valence-electron chi connectivity index (χ2n) is 5.52. The molecule has 2 rings (SSSR count). The third-order valence-electron chi connectivity index (χ3n) is 3.26. The van der Waals surface area contributed by atoms with Crippen molar-refractivity contribution in [2.24, 2.45) is 0 Å². The van der Waals surface area contributed by atoms with E-state index in [4.69, 9.17) is 39.5 Å². The topological polar surface area (TPSA) is 84.5 Å². The molecular formula is C19H15Cl3N2O4. The van der Waals surface area contributed by atoms with Gasteiger partial charge in [0.25, 0.3) is 5.91 Å². The number of amides is 2. The molecule has 0 heterocycles. The van der Waals surface area contributed by atoms with Crippen molar-refractivity contribution in [3.05, 3.63) is 68.8 Å². The van der Waals surface area contributed by atoms with Crippen LogP contribution in [0.5, 0.6) is 0 Å². The summed E-state index contributed by atoms with van der Waals surface area (Å²) in [7, 11) is 0. The highest BCUT2D eigenvalue weighted by Crippen LogP contribution is 2.32. The smallest absolute Gasteiger partial charge is 0.355 e. The molecule has 0 atom stereocenters. The monoisotopic (exact) mass is 440 g/mol. The lowest BCUT2D eigenvalue weighted by atomic mass is 10.2. The van der Waals surface area contributed by atoms with Crippen LogP contribution in [0.4, 0.5) is 5.69 Å². The average Bonchev–Trinajstić information content (AvgIpc) is 2.64. The van der Waals surface area contributed by atoms with Gasteiger partial charge in [-0.2, -0.15) is 0 Å². The van der Waals surface area contributed by atoms with Crippen molar-refractivity contribution in [2.45, 2.75) is 6.92 Å². The molecule has 0 fully saturated rings. The van der Waals surface area contributed by atoms with E-state index in [0.717, 1.165) is 0 Å². The molecule has 146 valence electrons. The molecule has 0 bridgehead atoms. The SMILES string of the molecule is CC(=O)N/C(=C\c1ccccc1)C(=O)OCC(=O)Nc1cc(Cl)c(Cl)cc1Cl. The van der Waals surface area contributed by atoms with Crippen LogP contribution in [0, 0.1) is 0 Å². The molecule has 0 spiro atoms. The van der Waals surface area contributed by atoms with Crippen molar-refractivity contribution < 1.29 is 19.1 Å². The van der Waals surface area contributed by atoms with E-state index >= 15 is 0 Å².